The number of aromatic nitrogens is 4. The van der Waals surface area contributed by atoms with Crippen LogP contribution in [0.5, 0.6) is 0 Å². The van der Waals surface area contributed by atoms with Gasteiger partial charge in [-0.25, -0.2) is 19.3 Å². The number of rotatable bonds is 5. The molecule has 0 spiro atoms. The van der Waals surface area contributed by atoms with Crippen LogP contribution < -0.4 is 11.0 Å². The van der Waals surface area contributed by atoms with E-state index in [0.29, 0.717) is 15.8 Å². The third kappa shape index (κ3) is 3.23. The van der Waals surface area contributed by atoms with E-state index in [2.05, 4.69) is 20.5 Å². The van der Waals surface area contributed by atoms with E-state index in [4.69, 9.17) is 23.2 Å². The number of anilines is 1. The maximum atomic E-state index is 11.6. The number of H-pyrrole nitrogens is 1. The van der Waals surface area contributed by atoms with Gasteiger partial charge in [-0.3, -0.25) is 0 Å². The van der Waals surface area contributed by atoms with Crippen LogP contribution in [0.2, 0.25) is 10.2 Å². The van der Waals surface area contributed by atoms with E-state index < -0.39 is 0 Å². The van der Waals surface area contributed by atoms with Crippen LogP contribution in [-0.2, 0) is 6.42 Å². The number of aromatic amines is 1. The zero-order chi connectivity index (χ0) is 15.5. The largest absolute Gasteiger partial charge is 0.382 e. The minimum atomic E-state index is -0.313. The van der Waals surface area contributed by atoms with E-state index in [1.54, 1.807) is 12.3 Å². The van der Waals surface area contributed by atoms with Gasteiger partial charge in [0.15, 0.2) is 5.65 Å². The molecule has 0 aliphatic carbocycles. The van der Waals surface area contributed by atoms with Crippen LogP contribution in [0, 0.1) is 0 Å². The summed E-state index contributed by atoms with van der Waals surface area (Å²) in [5.41, 5.74) is 2.07. The van der Waals surface area contributed by atoms with E-state index >= 15 is 0 Å². The molecule has 2 N–H and O–H groups in total. The summed E-state index contributed by atoms with van der Waals surface area (Å²) in [5.74, 6) is 0. The van der Waals surface area contributed by atoms with E-state index in [9.17, 15) is 4.79 Å². The molecule has 3 heterocycles. The van der Waals surface area contributed by atoms with Gasteiger partial charge in [-0.2, -0.15) is 5.10 Å². The third-order valence-electron chi connectivity index (χ3n) is 3.23. The van der Waals surface area contributed by atoms with E-state index in [1.807, 2.05) is 12.1 Å². The molecule has 0 atom stereocenters. The van der Waals surface area contributed by atoms with E-state index in [0.717, 1.165) is 30.6 Å². The standard InChI is InChI=1S/C14H13Cl2N5O/c15-10-7-11(13-19-20-14(22)21(13)8-10)17-4-1-2-9-3-5-18-12(16)6-9/h3,5-8,17H,1-2,4H2,(H,20,22). The predicted octanol–water partition coefficient (Wildman–Crippen LogP) is 2.77. The number of nitrogens with one attached hydrogen (secondary N) is 2. The Kier molecular flexibility index (Phi) is 4.31. The molecule has 22 heavy (non-hydrogen) atoms. The van der Waals surface area contributed by atoms with Crippen molar-refractivity contribution in [3.05, 3.63) is 56.8 Å². The van der Waals surface area contributed by atoms with E-state index in [1.165, 1.54) is 10.6 Å². The second-order valence-electron chi connectivity index (χ2n) is 4.81. The van der Waals surface area contributed by atoms with Crippen molar-refractivity contribution in [2.45, 2.75) is 12.8 Å². The molecule has 3 rings (SSSR count). The van der Waals surface area contributed by atoms with Crippen LogP contribution in [0.4, 0.5) is 5.69 Å². The molecule has 0 amide bonds. The van der Waals surface area contributed by atoms with Gasteiger partial charge in [0, 0.05) is 18.9 Å². The fourth-order valence-corrected chi connectivity index (χ4v) is 2.62. The first-order valence-corrected chi connectivity index (χ1v) is 7.49. The van der Waals surface area contributed by atoms with Gasteiger partial charge in [0.2, 0.25) is 0 Å². The molecule has 0 aliphatic heterocycles. The van der Waals surface area contributed by atoms with Gasteiger partial charge in [-0.05, 0) is 36.6 Å². The molecule has 114 valence electrons. The minimum Gasteiger partial charge on any atom is -0.382 e. The van der Waals surface area contributed by atoms with Crippen LogP contribution in [0.25, 0.3) is 5.65 Å². The zero-order valence-corrected chi connectivity index (χ0v) is 13.0. The quantitative estimate of drug-likeness (QED) is 0.554. The lowest BCUT2D eigenvalue weighted by Gasteiger charge is -2.08. The third-order valence-corrected chi connectivity index (χ3v) is 3.64. The first-order chi connectivity index (χ1) is 10.6. The molecular weight excluding hydrogens is 325 g/mol. The molecule has 0 aromatic carbocycles. The summed E-state index contributed by atoms with van der Waals surface area (Å²) in [6.07, 6.45) is 5.00. The highest BCUT2D eigenvalue weighted by molar-refractivity contribution is 6.30. The lowest BCUT2D eigenvalue weighted by atomic mass is 10.1. The Balaban J connectivity index is 1.66. The number of aryl methyl sites for hydroxylation is 1. The maximum Gasteiger partial charge on any atom is 0.347 e. The molecule has 0 saturated carbocycles. The zero-order valence-electron chi connectivity index (χ0n) is 11.5. The SMILES string of the molecule is O=c1[nH]nc2c(NCCCc3ccnc(Cl)c3)cc(Cl)cn12. The predicted molar refractivity (Wildman–Crippen MR) is 86.9 cm³/mol. The van der Waals surface area contributed by atoms with Gasteiger partial charge in [0.05, 0.1) is 10.7 Å². The van der Waals surface area contributed by atoms with Gasteiger partial charge in [0.25, 0.3) is 0 Å². The van der Waals surface area contributed by atoms with Crippen molar-refractivity contribution in [1.29, 1.82) is 0 Å². The van der Waals surface area contributed by atoms with E-state index in [-0.39, 0.29) is 5.69 Å². The highest BCUT2D eigenvalue weighted by Gasteiger charge is 2.07. The molecule has 0 fully saturated rings. The molecule has 0 saturated heterocycles. The first kappa shape index (κ1) is 14.9. The second kappa shape index (κ2) is 6.37. The maximum absolute atomic E-state index is 11.6. The molecule has 8 heteroatoms. The fraction of sp³-hybridized carbons (Fsp3) is 0.214. The average molecular weight is 338 g/mol. The van der Waals surface area contributed by atoms with Crippen LogP contribution in [-0.4, -0.2) is 26.1 Å². The fourth-order valence-electron chi connectivity index (χ4n) is 2.22. The summed E-state index contributed by atoms with van der Waals surface area (Å²) in [5, 5.41) is 10.6. The van der Waals surface area contributed by atoms with Gasteiger partial charge < -0.3 is 5.32 Å². The van der Waals surface area contributed by atoms with Crippen molar-refractivity contribution >= 4 is 34.5 Å². The summed E-state index contributed by atoms with van der Waals surface area (Å²) >= 11 is 11.9. The van der Waals surface area contributed by atoms with Crippen LogP contribution in [0.3, 0.4) is 0 Å². The van der Waals surface area contributed by atoms with Gasteiger partial charge in [-0.15, -0.1) is 0 Å². The van der Waals surface area contributed by atoms with Crippen LogP contribution in [0.15, 0.2) is 35.4 Å². The monoisotopic (exact) mass is 337 g/mol. The Hall–Kier alpha value is -2.05. The summed E-state index contributed by atoms with van der Waals surface area (Å²) < 4.78 is 1.38. The van der Waals surface area contributed by atoms with Crippen molar-refractivity contribution < 1.29 is 0 Å². The molecular formula is C14H13Cl2N5O. The number of fused-ring (bicyclic) bond motifs is 1. The molecule has 0 radical (unpaired) electrons. The Morgan fingerprint density at radius 1 is 1.32 bits per heavy atom. The van der Waals surface area contributed by atoms with Crippen LogP contribution >= 0.6 is 23.2 Å². The van der Waals surface area contributed by atoms with Gasteiger partial charge >= 0.3 is 5.69 Å². The van der Waals surface area contributed by atoms with Crippen LogP contribution in [0.1, 0.15) is 12.0 Å². The van der Waals surface area contributed by atoms with Gasteiger partial charge in [-0.1, -0.05) is 23.2 Å². The Labute approximate surface area is 136 Å². The molecule has 0 unspecified atom stereocenters. The van der Waals surface area contributed by atoms with Gasteiger partial charge in [0.1, 0.15) is 5.15 Å². The number of hydrogen-bond donors (Lipinski definition) is 2. The Bertz CT molecular complexity index is 858. The smallest absolute Gasteiger partial charge is 0.347 e. The average Bonchev–Trinajstić information content (AvgIpc) is 2.85. The summed E-state index contributed by atoms with van der Waals surface area (Å²) in [7, 11) is 0. The second-order valence-corrected chi connectivity index (χ2v) is 5.64. The summed E-state index contributed by atoms with van der Waals surface area (Å²) in [6.45, 7) is 0.719. The summed E-state index contributed by atoms with van der Waals surface area (Å²) in [6, 6.07) is 5.55. The topological polar surface area (TPSA) is 75.1 Å². The number of hydrogen-bond acceptors (Lipinski definition) is 4. The van der Waals surface area contributed by atoms with Crippen molar-refractivity contribution in [2.24, 2.45) is 0 Å². The normalized spacial score (nSPS) is 11.0. The number of pyridine rings is 2. The highest BCUT2D eigenvalue weighted by Crippen LogP contribution is 2.19. The number of nitrogens with zero attached hydrogens (tertiary/aromatic N) is 3. The molecule has 3 aromatic heterocycles. The number of halogens is 2. The lowest BCUT2D eigenvalue weighted by molar-refractivity contribution is 0.860. The molecule has 6 nitrogen and oxygen atoms in total. The van der Waals surface area contributed by atoms with Crippen molar-refractivity contribution in [2.75, 3.05) is 11.9 Å². The Morgan fingerprint density at radius 3 is 3.00 bits per heavy atom. The molecule has 0 bridgehead atoms. The van der Waals surface area contributed by atoms with Crippen molar-refractivity contribution in [1.82, 2.24) is 19.6 Å². The minimum absolute atomic E-state index is 0.313. The first-order valence-electron chi connectivity index (χ1n) is 6.74. The van der Waals surface area contributed by atoms with Crippen molar-refractivity contribution in [3.63, 3.8) is 0 Å². The highest BCUT2D eigenvalue weighted by atomic mass is 35.5. The van der Waals surface area contributed by atoms with Crippen molar-refractivity contribution in [3.8, 4) is 0 Å². The lowest BCUT2D eigenvalue weighted by Crippen LogP contribution is -2.10. The Morgan fingerprint density at radius 2 is 2.18 bits per heavy atom. The summed E-state index contributed by atoms with van der Waals surface area (Å²) in [4.78, 5) is 15.5. The molecule has 3 aromatic rings. The molecule has 0 aliphatic rings.